The largest absolute Gasteiger partial charge is 0.384 e. The summed E-state index contributed by atoms with van der Waals surface area (Å²) >= 11 is 0. The van der Waals surface area contributed by atoms with Crippen LogP contribution in [0.25, 0.3) is 0 Å². The molecule has 2 N–H and O–H groups in total. The molecule has 0 saturated heterocycles. The lowest BCUT2D eigenvalue weighted by Gasteiger charge is -2.32. The molecule has 0 aromatic heterocycles. The number of aliphatic imine (C=N–C) groups is 1. The van der Waals surface area contributed by atoms with Crippen LogP contribution < -0.4 is 5.73 Å². The highest BCUT2D eigenvalue weighted by Crippen LogP contribution is 2.41. The summed E-state index contributed by atoms with van der Waals surface area (Å²) in [6.45, 7) is 2.33. The van der Waals surface area contributed by atoms with Gasteiger partial charge in [-0.15, -0.1) is 0 Å². The highest BCUT2D eigenvalue weighted by Gasteiger charge is 2.46. The van der Waals surface area contributed by atoms with Crippen molar-refractivity contribution in [2.45, 2.75) is 31.0 Å². The van der Waals surface area contributed by atoms with Crippen molar-refractivity contribution in [3.05, 3.63) is 11.9 Å². The van der Waals surface area contributed by atoms with Crippen LogP contribution in [0.15, 0.2) is 16.9 Å². The fourth-order valence-electron chi connectivity index (χ4n) is 1.86. The Hall–Kier alpha value is -1.38. The van der Waals surface area contributed by atoms with Crippen LogP contribution in [0.3, 0.4) is 0 Å². The summed E-state index contributed by atoms with van der Waals surface area (Å²) in [6, 6.07) is 2.17. The molecule has 0 radical (unpaired) electrons. The van der Waals surface area contributed by atoms with Crippen molar-refractivity contribution < 1.29 is 9.47 Å². The fraction of sp³-hybridized carbons (Fsp3) is 0.667. The van der Waals surface area contributed by atoms with E-state index in [9.17, 15) is 0 Å². The predicted molar refractivity (Wildman–Crippen MR) is 63.2 cm³/mol. The molecule has 0 aromatic rings. The minimum Gasteiger partial charge on any atom is -0.384 e. The third-order valence-corrected chi connectivity index (χ3v) is 3.45. The zero-order chi connectivity index (χ0) is 12.5. The average Bonchev–Trinajstić information content (AvgIpc) is 3.07. The maximum atomic E-state index is 9.09. The lowest BCUT2D eigenvalue weighted by Crippen LogP contribution is -2.41. The molecular weight excluding hydrogens is 218 g/mol. The summed E-state index contributed by atoms with van der Waals surface area (Å²) in [5, 5.41) is 9.09. The van der Waals surface area contributed by atoms with Crippen molar-refractivity contribution in [2.75, 3.05) is 13.7 Å². The van der Waals surface area contributed by atoms with Gasteiger partial charge in [0.2, 0.25) is 0 Å². The monoisotopic (exact) mass is 235 g/mol. The molecule has 0 bridgehead atoms. The van der Waals surface area contributed by atoms with Gasteiger partial charge in [0.05, 0.1) is 18.3 Å². The Labute approximate surface area is 101 Å². The molecule has 5 heteroatoms. The molecular formula is C12H17N3O2. The quantitative estimate of drug-likeness (QED) is 0.787. The van der Waals surface area contributed by atoms with E-state index in [0.717, 1.165) is 12.8 Å². The maximum Gasteiger partial charge on any atom is 0.121 e. The second-order valence-electron chi connectivity index (χ2n) is 4.81. The first-order chi connectivity index (χ1) is 8.03. The maximum absolute atomic E-state index is 9.09. The van der Waals surface area contributed by atoms with Crippen LogP contribution in [-0.4, -0.2) is 31.1 Å². The van der Waals surface area contributed by atoms with Gasteiger partial charge in [0.1, 0.15) is 17.3 Å². The van der Waals surface area contributed by atoms with Gasteiger partial charge in [0.25, 0.3) is 0 Å². The number of nitrogens with zero attached hydrogens (tertiary/aromatic N) is 2. The van der Waals surface area contributed by atoms with Gasteiger partial charge in [-0.1, -0.05) is 0 Å². The van der Waals surface area contributed by atoms with Gasteiger partial charge in [-0.3, -0.25) is 0 Å². The third kappa shape index (κ3) is 2.33. The molecule has 92 valence electrons. The van der Waals surface area contributed by atoms with E-state index in [2.05, 4.69) is 11.1 Å². The predicted octanol–water partition coefficient (Wildman–Crippen LogP) is 0.965. The van der Waals surface area contributed by atoms with Gasteiger partial charge in [-0.05, 0) is 25.8 Å². The van der Waals surface area contributed by atoms with Crippen LogP contribution in [0.2, 0.25) is 0 Å². The Morgan fingerprint density at radius 2 is 2.35 bits per heavy atom. The molecule has 0 amide bonds. The molecule has 1 aliphatic heterocycles. The summed E-state index contributed by atoms with van der Waals surface area (Å²) in [5.41, 5.74) is 4.79. The van der Waals surface area contributed by atoms with Crippen LogP contribution in [0.1, 0.15) is 19.8 Å². The first kappa shape index (κ1) is 12.1. The summed E-state index contributed by atoms with van der Waals surface area (Å²) in [5.74, 6) is -0.0243. The minimum absolute atomic E-state index is 0.153. The highest BCUT2D eigenvalue weighted by molar-refractivity contribution is 5.69. The van der Waals surface area contributed by atoms with Crippen molar-refractivity contribution in [1.82, 2.24) is 0 Å². The summed E-state index contributed by atoms with van der Waals surface area (Å²) in [4.78, 5) is 3.94. The topological polar surface area (TPSA) is 80.6 Å². The van der Waals surface area contributed by atoms with E-state index < -0.39 is 11.5 Å². The lowest BCUT2D eigenvalue weighted by atomic mass is 9.89. The van der Waals surface area contributed by atoms with Crippen molar-refractivity contribution in [2.24, 2.45) is 16.6 Å². The number of nitrogens with two attached hydrogens (primary N) is 1. The molecule has 2 aliphatic rings. The molecule has 17 heavy (non-hydrogen) atoms. The first-order valence-corrected chi connectivity index (χ1v) is 5.65. The van der Waals surface area contributed by atoms with E-state index in [1.54, 1.807) is 19.4 Å². The Morgan fingerprint density at radius 1 is 1.65 bits per heavy atom. The van der Waals surface area contributed by atoms with Crippen molar-refractivity contribution >= 4 is 6.21 Å². The third-order valence-electron chi connectivity index (χ3n) is 3.45. The number of nitriles is 1. The van der Waals surface area contributed by atoms with Crippen LogP contribution >= 0.6 is 0 Å². The summed E-state index contributed by atoms with van der Waals surface area (Å²) in [6.07, 6.45) is 5.25. The lowest BCUT2D eigenvalue weighted by molar-refractivity contribution is -0.0736. The van der Waals surface area contributed by atoms with E-state index in [1.165, 1.54) is 0 Å². The van der Waals surface area contributed by atoms with Gasteiger partial charge in [-0.25, -0.2) is 4.99 Å². The number of rotatable bonds is 4. The SMILES string of the molecule is COC1(COC2(C)C=C(N)N=CC2C#N)CC1. The normalized spacial score (nSPS) is 33.9. The smallest absolute Gasteiger partial charge is 0.121 e. The average molecular weight is 235 g/mol. The summed E-state index contributed by atoms with van der Waals surface area (Å²) in [7, 11) is 1.69. The zero-order valence-corrected chi connectivity index (χ0v) is 10.1. The molecule has 2 atom stereocenters. The molecule has 1 fully saturated rings. The second-order valence-corrected chi connectivity index (χ2v) is 4.81. The van der Waals surface area contributed by atoms with E-state index in [-0.39, 0.29) is 5.60 Å². The Balaban J connectivity index is 2.06. The van der Waals surface area contributed by atoms with Crippen molar-refractivity contribution in [3.8, 4) is 6.07 Å². The first-order valence-electron chi connectivity index (χ1n) is 5.65. The Bertz CT molecular complexity index is 406. The highest BCUT2D eigenvalue weighted by atomic mass is 16.6. The van der Waals surface area contributed by atoms with E-state index in [4.69, 9.17) is 20.5 Å². The fourth-order valence-corrected chi connectivity index (χ4v) is 1.86. The molecule has 2 rings (SSSR count). The molecule has 5 nitrogen and oxygen atoms in total. The van der Waals surface area contributed by atoms with Crippen LogP contribution in [0.5, 0.6) is 0 Å². The van der Waals surface area contributed by atoms with Gasteiger partial charge in [0.15, 0.2) is 0 Å². The van der Waals surface area contributed by atoms with E-state index >= 15 is 0 Å². The molecule has 1 aliphatic carbocycles. The zero-order valence-electron chi connectivity index (χ0n) is 10.1. The number of hydrogen-bond acceptors (Lipinski definition) is 5. The van der Waals surface area contributed by atoms with Crippen molar-refractivity contribution in [3.63, 3.8) is 0 Å². The molecule has 1 saturated carbocycles. The minimum atomic E-state index is -0.714. The molecule has 2 unspecified atom stereocenters. The van der Waals surface area contributed by atoms with Gasteiger partial charge < -0.3 is 15.2 Å². The van der Waals surface area contributed by atoms with Crippen LogP contribution in [0.4, 0.5) is 0 Å². The van der Waals surface area contributed by atoms with Gasteiger partial charge in [-0.2, -0.15) is 5.26 Å². The summed E-state index contributed by atoms with van der Waals surface area (Å²) < 4.78 is 11.3. The second kappa shape index (κ2) is 4.13. The van der Waals surface area contributed by atoms with Gasteiger partial charge in [0, 0.05) is 13.3 Å². The van der Waals surface area contributed by atoms with E-state index in [0.29, 0.717) is 12.4 Å². The van der Waals surface area contributed by atoms with Crippen LogP contribution in [-0.2, 0) is 9.47 Å². The standard InChI is InChI=1S/C12H17N3O2/c1-11(17-8-12(16-2)3-4-12)5-10(14)15-7-9(11)6-13/h5,7,9H,3-4,8,14H2,1-2H3. The van der Waals surface area contributed by atoms with Crippen molar-refractivity contribution in [1.29, 1.82) is 5.26 Å². The molecule has 1 heterocycles. The molecule has 0 aromatic carbocycles. The number of ether oxygens (including phenoxy) is 2. The van der Waals surface area contributed by atoms with Gasteiger partial charge >= 0.3 is 0 Å². The number of hydrogen-bond donors (Lipinski definition) is 1. The van der Waals surface area contributed by atoms with E-state index in [1.807, 2.05) is 6.92 Å². The molecule has 0 spiro atoms. The Morgan fingerprint density at radius 3 is 2.88 bits per heavy atom. The van der Waals surface area contributed by atoms with Crippen LogP contribution in [0, 0.1) is 17.2 Å². The Kier molecular flexibility index (Phi) is 2.94. The number of methoxy groups -OCH3 is 1.